The number of nitriles is 1. The van der Waals surface area contributed by atoms with E-state index < -0.39 is 5.60 Å². The number of ether oxygens (including phenoxy) is 1. The molecule has 2 heterocycles. The molecule has 1 N–H and O–H groups in total. The molecule has 2 aromatic heterocycles. The minimum Gasteiger partial charge on any atom is -0.382 e. The molecule has 0 radical (unpaired) electrons. The molecule has 6 nitrogen and oxygen atoms in total. The maximum absolute atomic E-state index is 12.3. The number of thiazole rings is 1. The molecule has 0 amide bonds. The van der Waals surface area contributed by atoms with Crippen LogP contribution in [0.5, 0.6) is 0 Å². The van der Waals surface area contributed by atoms with E-state index in [1.165, 1.54) is 0 Å². The van der Waals surface area contributed by atoms with Crippen LogP contribution in [0, 0.1) is 34.5 Å². The lowest BCUT2D eigenvalue weighted by Gasteiger charge is -2.44. The molecule has 4 aliphatic rings. The topological polar surface area (TPSA) is 92.2 Å². The van der Waals surface area contributed by atoms with Gasteiger partial charge in [0.25, 0.3) is 0 Å². The summed E-state index contributed by atoms with van der Waals surface area (Å²) in [5.41, 5.74) is 2.78. The third kappa shape index (κ3) is 3.66. The number of benzene rings is 2. The molecule has 2 aromatic carbocycles. The summed E-state index contributed by atoms with van der Waals surface area (Å²) in [6.45, 7) is 1.02. The normalized spacial score (nSPS) is 30.4. The van der Waals surface area contributed by atoms with E-state index in [-0.39, 0.29) is 11.3 Å². The summed E-state index contributed by atoms with van der Waals surface area (Å²) < 4.78 is 13.2. The zero-order chi connectivity index (χ0) is 27.2. The SMILES string of the molecule is N#Cc1ccc2nc([C@]3(O)[C@@H]4CC5C[C@]53C[C@@H](COCc3c(-c5c(Cl)cccc5Cl)noc3C3CC3)C4)sc2c1. The predicted octanol–water partition coefficient (Wildman–Crippen LogP) is 7.85. The Bertz CT molecular complexity index is 1690. The Morgan fingerprint density at radius 1 is 1.12 bits per heavy atom. The van der Waals surface area contributed by atoms with Gasteiger partial charge in [-0.2, -0.15) is 5.26 Å². The minimum atomic E-state index is -0.897. The molecule has 8 rings (SSSR count). The Hall–Kier alpha value is -2.47. The molecule has 1 unspecified atom stereocenters. The smallest absolute Gasteiger partial charge is 0.145 e. The van der Waals surface area contributed by atoms with Crippen molar-refractivity contribution in [1.29, 1.82) is 5.26 Å². The molecule has 0 aliphatic heterocycles. The first-order valence-corrected chi connectivity index (χ1v) is 15.5. The van der Waals surface area contributed by atoms with Crippen LogP contribution < -0.4 is 0 Å². The van der Waals surface area contributed by atoms with Crippen LogP contribution in [-0.4, -0.2) is 21.9 Å². The van der Waals surface area contributed by atoms with E-state index in [1.54, 1.807) is 17.4 Å². The number of hydrogen-bond donors (Lipinski definition) is 1. The van der Waals surface area contributed by atoms with Crippen LogP contribution in [0.1, 0.15) is 66.3 Å². The summed E-state index contributed by atoms with van der Waals surface area (Å²) in [4.78, 5) is 4.89. The van der Waals surface area contributed by atoms with Gasteiger partial charge in [-0.3, -0.25) is 0 Å². The number of aliphatic hydroxyl groups is 1. The Balaban J connectivity index is 1.02. The van der Waals surface area contributed by atoms with Crippen LogP contribution in [0.25, 0.3) is 21.5 Å². The molecule has 4 aliphatic carbocycles. The van der Waals surface area contributed by atoms with Crippen molar-refractivity contribution in [2.75, 3.05) is 6.61 Å². The van der Waals surface area contributed by atoms with Gasteiger partial charge in [-0.1, -0.05) is 34.4 Å². The highest BCUT2D eigenvalue weighted by molar-refractivity contribution is 7.18. The fourth-order valence-electron chi connectivity index (χ4n) is 7.80. The van der Waals surface area contributed by atoms with Crippen molar-refractivity contribution >= 4 is 44.8 Å². The minimum absolute atomic E-state index is 0.123. The maximum atomic E-state index is 12.3. The van der Waals surface area contributed by atoms with Gasteiger partial charge in [0.1, 0.15) is 22.1 Å². The second kappa shape index (κ2) is 9.01. The number of hydrogen-bond acceptors (Lipinski definition) is 7. The Kier molecular flexibility index (Phi) is 5.69. The van der Waals surface area contributed by atoms with E-state index in [1.807, 2.05) is 30.3 Å². The van der Waals surface area contributed by atoms with Crippen molar-refractivity contribution in [3.8, 4) is 17.3 Å². The molecule has 4 fully saturated rings. The van der Waals surface area contributed by atoms with Gasteiger partial charge in [0.05, 0.1) is 38.5 Å². The standard InChI is InChI=1S/C31H27Cl2N3O3S/c32-22-2-1-3-23(33)26(22)27-21(28(39-36-27)18-5-6-18)15-38-14-17-8-19-10-20-12-30(20,11-17)31(19,37)29-35-24-7-4-16(13-34)9-25(24)40-29/h1-4,7,9,17-20,37H,5-6,8,10-12,14-15H2/t17-,19-,20?,30+,31+/m0/s1. The van der Waals surface area contributed by atoms with E-state index in [4.69, 9.17) is 37.4 Å². The average Bonchev–Trinajstić information content (AvgIpc) is 3.80. The molecular formula is C31H27Cl2N3O3S. The van der Waals surface area contributed by atoms with E-state index in [9.17, 15) is 10.4 Å². The van der Waals surface area contributed by atoms with Crippen LogP contribution in [0.3, 0.4) is 0 Å². The average molecular weight is 593 g/mol. The molecule has 4 saturated carbocycles. The molecule has 204 valence electrons. The van der Waals surface area contributed by atoms with E-state index in [0.29, 0.717) is 57.8 Å². The van der Waals surface area contributed by atoms with Crippen molar-refractivity contribution in [3.05, 3.63) is 68.3 Å². The highest BCUT2D eigenvalue weighted by Crippen LogP contribution is 2.79. The number of aromatic nitrogens is 2. The lowest BCUT2D eigenvalue weighted by molar-refractivity contribution is -0.116. The summed E-state index contributed by atoms with van der Waals surface area (Å²) in [6.07, 6.45) is 6.12. The second-order valence-corrected chi connectivity index (χ2v) is 14.0. The van der Waals surface area contributed by atoms with Gasteiger partial charge in [0.15, 0.2) is 0 Å². The molecule has 4 aromatic rings. The van der Waals surface area contributed by atoms with Gasteiger partial charge in [-0.15, -0.1) is 11.3 Å². The van der Waals surface area contributed by atoms with Crippen molar-refractivity contribution in [2.24, 2.45) is 23.2 Å². The first-order chi connectivity index (χ1) is 19.4. The fourth-order valence-corrected chi connectivity index (χ4v) is 9.66. The van der Waals surface area contributed by atoms with Gasteiger partial charge in [0, 0.05) is 29.1 Å². The quantitative estimate of drug-likeness (QED) is 0.235. The fraction of sp³-hybridized carbons (Fsp3) is 0.452. The van der Waals surface area contributed by atoms with E-state index in [0.717, 1.165) is 65.1 Å². The summed E-state index contributed by atoms with van der Waals surface area (Å²) >= 11 is 14.6. The molecule has 1 spiro atoms. The van der Waals surface area contributed by atoms with E-state index >= 15 is 0 Å². The summed E-state index contributed by atoms with van der Waals surface area (Å²) in [6, 6.07) is 13.2. The highest BCUT2D eigenvalue weighted by Gasteiger charge is 2.77. The maximum Gasteiger partial charge on any atom is 0.145 e. The van der Waals surface area contributed by atoms with Gasteiger partial charge in [0.2, 0.25) is 0 Å². The monoisotopic (exact) mass is 591 g/mol. The van der Waals surface area contributed by atoms with E-state index in [2.05, 4.69) is 11.2 Å². The number of halogens is 2. The Morgan fingerprint density at radius 3 is 2.70 bits per heavy atom. The zero-order valence-corrected chi connectivity index (χ0v) is 24.0. The number of nitrogens with zero attached hydrogens (tertiary/aromatic N) is 3. The van der Waals surface area contributed by atoms with Gasteiger partial charge < -0.3 is 14.4 Å². The van der Waals surface area contributed by atoms with Crippen LogP contribution >= 0.6 is 34.5 Å². The van der Waals surface area contributed by atoms with Gasteiger partial charge in [-0.05, 0) is 86.6 Å². The summed E-state index contributed by atoms with van der Waals surface area (Å²) in [5.74, 6) is 2.35. The van der Waals surface area contributed by atoms with Crippen LogP contribution in [0.15, 0.2) is 40.9 Å². The molecule has 9 heteroatoms. The molecule has 5 atom stereocenters. The first kappa shape index (κ1) is 25.3. The second-order valence-electron chi connectivity index (χ2n) is 12.1. The van der Waals surface area contributed by atoms with Crippen molar-refractivity contribution in [3.63, 3.8) is 0 Å². The molecular weight excluding hydrogens is 565 g/mol. The molecule has 0 saturated heterocycles. The lowest BCUT2D eigenvalue weighted by Crippen LogP contribution is -2.46. The Labute approximate surface area is 245 Å². The molecule has 40 heavy (non-hydrogen) atoms. The van der Waals surface area contributed by atoms with Crippen LogP contribution in [-0.2, 0) is 16.9 Å². The van der Waals surface area contributed by atoms with Crippen molar-refractivity contribution in [2.45, 2.75) is 56.7 Å². The number of rotatable bonds is 7. The van der Waals surface area contributed by atoms with Crippen molar-refractivity contribution in [1.82, 2.24) is 10.1 Å². The lowest BCUT2D eigenvalue weighted by atomic mass is 9.66. The van der Waals surface area contributed by atoms with Crippen molar-refractivity contribution < 1.29 is 14.4 Å². The largest absolute Gasteiger partial charge is 0.382 e. The highest BCUT2D eigenvalue weighted by atomic mass is 35.5. The number of fused-ring (bicyclic) bond motifs is 2. The third-order valence-electron chi connectivity index (χ3n) is 9.83. The Morgan fingerprint density at radius 2 is 1.95 bits per heavy atom. The van der Waals surface area contributed by atoms with Crippen LogP contribution in [0.4, 0.5) is 0 Å². The third-order valence-corrected chi connectivity index (χ3v) is 11.6. The summed E-state index contributed by atoms with van der Waals surface area (Å²) in [5, 5.41) is 27.9. The molecule has 2 bridgehead atoms. The van der Waals surface area contributed by atoms with Gasteiger partial charge in [-0.25, -0.2) is 4.98 Å². The first-order valence-electron chi connectivity index (χ1n) is 14.0. The summed E-state index contributed by atoms with van der Waals surface area (Å²) in [7, 11) is 0. The zero-order valence-electron chi connectivity index (χ0n) is 21.7. The van der Waals surface area contributed by atoms with Crippen LogP contribution in [0.2, 0.25) is 10.0 Å². The predicted molar refractivity (Wildman–Crippen MR) is 153 cm³/mol. The van der Waals surface area contributed by atoms with Gasteiger partial charge >= 0.3 is 0 Å².